The Labute approximate surface area is 145 Å². The lowest BCUT2D eigenvalue weighted by Gasteiger charge is -2.22. The van der Waals surface area contributed by atoms with Gasteiger partial charge in [-0.1, -0.05) is 23.7 Å². The Balaban J connectivity index is 2.20. The van der Waals surface area contributed by atoms with Gasteiger partial charge in [0, 0.05) is 17.6 Å². The summed E-state index contributed by atoms with van der Waals surface area (Å²) in [7, 11) is 0. The summed E-state index contributed by atoms with van der Waals surface area (Å²) in [5, 5.41) is 12.3. The van der Waals surface area contributed by atoms with Gasteiger partial charge in [0.2, 0.25) is 11.8 Å². The van der Waals surface area contributed by atoms with Crippen molar-refractivity contribution >= 4 is 34.8 Å². The number of amides is 2. The smallest absolute Gasteiger partial charge is 0.244 e. The second-order valence-corrected chi connectivity index (χ2v) is 5.68. The minimum atomic E-state index is -0.387. The average Bonchev–Trinajstić information content (AvgIpc) is 2.53. The van der Waals surface area contributed by atoms with E-state index in [-0.39, 0.29) is 18.4 Å². The Kier molecular flexibility index (Phi) is 5.56. The molecule has 0 aliphatic heterocycles. The van der Waals surface area contributed by atoms with E-state index in [4.69, 9.17) is 16.9 Å². The first-order valence-electron chi connectivity index (χ1n) is 7.25. The Morgan fingerprint density at radius 2 is 1.96 bits per heavy atom. The number of anilines is 2. The van der Waals surface area contributed by atoms with E-state index in [0.29, 0.717) is 22.0 Å². The summed E-state index contributed by atoms with van der Waals surface area (Å²) in [5.41, 5.74) is 2.20. The molecule has 0 aliphatic carbocycles. The summed E-state index contributed by atoms with van der Waals surface area (Å²) in [6, 6.07) is 13.8. The highest BCUT2D eigenvalue weighted by Crippen LogP contribution is 2.24. The topological polar surface area (TPSA) is 73.2 Å². The fourth-order valence-electron chi connectivity index (χ4n) is 2.31. The van der Waals surface area contributed by atoms with Crippen LogP contribution in [0.5, 0.6) is 0 Å². The molecule has 0 aliphatic rings. The van der Waals surface area contributed by atoms with Crippen molar-refractivity contribution in [2.75, 3.05) is 16.8 Å². The Morgan fingerprint density at radius 1 is 1.25 bits per heavy atom. The third-order valence-corrected chi connectivity index (χ3v) is 3.69. The molecule has 0 unspecified atom stereocenters. The van der Waals surface area contributed by atoms with Crippen LogP contribution in [0.3, 0.4) is 0 Å². The number of hydrogen-bond donors (Lipinski definition) is 1. The standard InChI is InChI=1S/C18H16ClN3O2/c1-12-9-15(19)7-8-17(12)22(13(2)23)11-18(24)21-16-6-4-3-5-14(16)10-20/h3-9H,11H2,1-2H3,(H,21,24). The van der Waals surface area contributed by atoms with Crippen molar-refractivity contribution in [3.63, 3.8) is 0 Å². The number of carbonyl (C=O) groups excluding carboxylic acids is 2. The van der Waals surface area contributed by atoms with Crippen molar-refractivity contribution in [1.82, 2.24) is 0 Å². The number of rotatable bonds is 4. The van der Waals surface area contributed by atoms with Crippen LogP contribution >= 0.6 is 11.6 Å². The minimum Gasteiger partial charge on any atom is -0.323 e. The van der Waals surface area contributed by atoms with Gasteiger partial charge >= 0.3 is 0 Å². The number of carbonyl (C=O) groups is 2. The van der Waals surface area contributed by atoms with Crippen LogP contribution in [0.4, 0.5) is 11.4 Å². The summed E-state index contributed by atoms with van der Waals surface area (Å²) in [5.74, 6) is -0.647. The van der Waals surface area contributed by atoms with E-state index in [1.807, 2.05) is 13.0 Å². The van der Waals surface area contributed by atoms with Crippen LogP contribution < -0.4 is 10.2 Å². The molecule has 1 N–H and O–H groups in total. The van der Waals surface area contributed by atoms with Crippen molar-refractivity contribution in [3.8, 4) is 6.07 Å². The van der Waals surface area contributed by atoms with Crippen LogP contribution in [0.2, 0.25) is 5.02 Å². The number of para-hydroxylation sites is 1. The van der Waals surface area contributed by atoms with E-state index in [1.165, 1.54) is 11.8 Å². The predicted molar refractivity (Wildman–Crippen MR) is 94.0 cm³/mol. The summed E-state index contributed by atoms with van der Waals surface area (Å²) in [6.45, 7) is 3.06. The molecule has 6 heteroatoms. The maximum atomic E-state index is 12.3. The number of benzene rings is 2. The SMILES string of the molecule is CC(=O)N(CC(=O)Nc1ccccc1C#N)c1ccc(Cl)cc1C. The number of nitrogens with one attached hydrogen (secondary N) is 1. The summed E-state index contributed by atoms with van der Waals surface area (Å²) < 4.78 is 0. The van der Waals surface area contributed by atoms with Crippen LogP contribution in [0.1, 0.15) is 18.1 Å². The molecule has 0 fully saturated rings. The van der Waals surface area contributed by atoms with E-state index < -0.39 is 0 Å². The van der Waals surface area contributed by atoms with E-state index >= 15 is 0 Å². The van der Waals surface area contributed by atoms with Gasteiger partial charge in [-0.25, -0.2) is 0 Å². The van der Waals surface area contributed by atoms with E-state index in [9.17, 15) is 9.59 Å². The highest BCUT2D eigenvalue weighted by atomic mass is 35.5. The lowest BCUT2D eigenvalue weighted by atomic mass is 10.1. The lowest BCUT2D eigenvalue weighted by molar-refractivity contribution is -0.120. The fraction of sp³-hybridized carbons (Fsp3) is 0.167. The molecule has 5 nitrogen and oxygen atoms in total. The van der Waals surface area contributed by atoms with Crippen molar-refractivity contribution < 1.29 is 9.59 Å². The first-order valence-corrected chi connectivity index (χ1v) is 7.63. The third kappa shape index (κ3) is 4.12. The summed E-state index contributed by atoms with van der Waals surface area (Å²) in [4.78, 5) is 25.6. The van der Waals surface area contributed by atoms with E-state index in [2.05, 4.69) is 5.32 Å². The Bertz CT molecular complexity index is 827. The molecule has 0 saturated heterocycles. The van der Waals surface area contributed by atoms with Gasteiger partial charge < -0.3 is 10.2 Å². The highest BCUT2D eigenvalue weighted by molar-refractivity contribution is 6.30. The largest absolute Gasteiger partial charge is 0.323 e. The molecule has 122 valence electrons. The van der Waals surface area contributed by atoms with Crippen LogP contribution in [-0.2, 0) is 9.59 Å². The van der Waals surface area contributed by atoms with Gasteiger partial charge in [-0.15, -0.1) is 0 Å². The van der Waals surface area contributed by atoms with Gasteiger partial charge in [0.15, 0.2) is 0 Å². The van der Waals surface area contributed by atoms with Crippen molar-refractivity contribution in [3.05, 3.63) is 58.6 Å². The molecular formula is C18H16ClN3O2. The predicted octanol–water partition coefficient (Wildman–Crippen LogP) is 3.51. The van der Waals surface area contributed by atoms with Crippen molar-refractivity contribution in [1.29, 1.82) is 5.26 Å². The monoisotopic (exact) mass is 341 g/mol. The van der Waals surface area contributed by atoms with Gasteiger partial charge in [-0.05, 0) is 42.8 Å². The molecule has 0 atom stereocenters. The molecule has 0 spiro atoms. The van der Waals surface area contributed by atoms with E-state index in [0.717, 1.165) is 5.56 Å². The zero-order chi connectivity index (χ0) is 17.7. The molecule has 2 amide bonds. The third-order valence-electron chi connectivity index (χ3n) is 3.45. The van der Waals surface area contributed by atoms with Gasteiger partial charge in [0.05, 0.1) is 11.3 Å². The van der Waals surface area contributed by atoms with Crippen LogP contribution in [0.15, 0.2) is 42.5 Å². The molecule has 2 aromatic rings. The normalized spacial score (nSPS) is 9.92. The first-order chi connectivity index (χ1) is 11.4. The van der Waals surface area contributed by atoms with E-state index in [1.54, 1.807) is 42.5 Å². The molecule has 0 saturated carbocycles. The Hall–Kier alpha value is -2.84. The molecule has 24 heavy (non-hydrogen) atoms. The summed E-state index contributed by atoms with van der Waals surface area (Å²) in [6.07, 6.45) is 0. The molecule has 0 heterocycles. The molecule has 0 bridgehead atoms. The van der Waals surface area contributed by atoms with Crippen LogP contribution in [0.25, 0.3) is 0 Å². The highest BCUT2D eigenvalue weighted by Gasteiger charge is 2.18. The molecule has 2 rings (SSSR count). The first kappa shape index (κ1) is 17.5. The van der Waals surface area contributed by atoms with Crippen LogP contribution in [-0.4, -0.2) is 18.4 Å². The van der Waals surface area contributed by atoms with Gasteiger partial charge in [-0.3, -0.25) is 9.59 Å². The molecule has 0 aromatic heterocycles. The quantitative estimate of drug-likeness (QED) is 0.924. The second-order valence-electron chi connectivity index (χ2n) is 5.24. The average molecular weight is 342 g/mol. The second kappa shape index (κ2) is 7.62. The van der Waals surface area contributed by atoms with Gasteiger partial charge in [-0.2, -0.15) is 5.26 Å². The Morgan fingerprint density at radius 3 is 2.58 bits per heavy atom. The zero-order valence-electron chi connectivity index (χ0n) is 13.3. The zero-order valence-corrected chi connectivity index (χ0v) is 14.1. The van der Waals surface area contributed by atoms with Crippen molar-refractivity contribution in [2.24, 2.45) is 0 Å². The molecule has 2 aromatic carbocycles. The molecular weight excluding hydrogens is 326 g/mol. The maximum Gasteiger partial charge on any atom is 0.244 e. The number of nitrogens with zero attached hydrogens (tertiary/aromatic N) is 2. The lowest BCUT2D eigenvalue weighted by Crippen LogP contribution is -2.37. The number of aryl methyl sites for hydroxylation is 1. The fourth-order valence-corrected chi connectivity index (χ4v) is 2.54. The number of nitriles is 1. The van der Waals surface area contributed by atoms with Gasteiger partial charge in [0.1, 0.15) is 12.6 Å². The maximum absolute atomic E-state index is 12.3. The van der Waals surface area contributed by atoms with Crippen LogP contribution in [0, 0.1) is 18.3 Å². The molecule has 0 radical (unpaired) electrons. The van der Waals surface area contributed by atoms with Gasteiger partial charge in [0.25, 0.3) is 0 Å². The number of hydrogen-bond acceptors (Lipinski definition) is 3. The minimum absolute atomic E-state index is 0.155. The van der Waals surface area contributed by atoms with Crippen molar-refractivity contribution in [2.45, 2.75) is 13.8 Å². The summed E-state index contributed by atoms with van der Waals surface area (Å²) >= 11 is 5.93. The number of halogens is 1.